The number of rotatable bonds is 2. The molecule has 1 aromatic heterocycles. The molecule has 3 amide bonds. The molecule has 0 spiro atoms. The topological polar surface area (TPSA) is 62.3 Å². The van der Waals surface area contributed by atoms with E-state index in [1.54, 1.807) is 30.3 Å². The number of alkyl halides is 3. The van der Waals surface area contributed by atoms with Crippen LogP contribution >= 0.6 is 23.4 Å². The molecule has 4 rings (SSSR count). The summed E-state index contributed by atoms with van der Waals surface area (Å²) in [7, 11) is 0. The van der Waals surface area contributed by atoms with Crippen LogP contribution in [0.3, 0.4) is 0 Å². The van der Waals surface area contributed by atoms with Crippen molar-refractivity contribution in [1.82, 2.24) is 10.3 Å². The number of aromatic nitrogens is 1. The van der Waals surface area contributed by atoms with E-state index in [0.29, 0.717) is 16.1 Å². The van der Waals surface area contributed by atoms with Crippen molar-refractivity contribution in [2.24, 2.45) is 0 Å². The third kappa shape index (κ3) is 3.24. The first-order valence-electron chi connectivity index (χ1n) is 8.06. The molecule has 0 bridgehead atoms. The van der Waals surface area contributed by atoms with E-state index in [1.165, 1.54) is 11.8 Å². The predicted octanol–water partition coefficient (Wildman–Crippen LogP) is 4.34. The van der Waals surface area contributed by atoms with Gasteiger partial charge in [-0.05, 0) is 18.2 Å². The summed E-state index contributed by atoms with van der Waals surface area (Å²) in [6.45, 7) is 0. The van der Waals surface area contributed by atoms with Gasteiger partial charge in [0.05, 0.1) is 23.5 Å². The first-order valence-corrected chi connectivity index (χ1v) is 9.31. The molecule has 2 aliphatic heterocycles. The van der Waals surface area contributed by atoms with Crippen molar-refractivity contribution in [3.05, 3.63) is 65.0 Å². The highest BCUT2D eigenvalue weighted by Gasteiger charge is 2.46. The first-order chi connectivity index (χ1) is 13.3. The molecule has 2 unspecified atom stereocenters. The van der Waals surface area contributed by atoms with Gasteiger partial charge in [0.1, 0.15) is 5.25 Å². The van der Waals surface area contributed by atoms with E-state index in [2.05, 4.69) is 10.3 Å². The van der Waals surface area contributed by atoms with E-state index in [-0.39, 0.29) is 5.69 Å². The molecule has 2 atom stereocenters. The maximum atomic E-state index is 13.0. The lowest BCUT2D eigenvalue weighted by Gasteiger charge is -2.33. The van der Waals surface area contributed by atoms with E-state index in [0.717, 1.165) is 22.7 Å². The molecular weight excluding hydrogens is 415 g/mol. The average Bonchev–Trinajstić information content (AvgIpc) is 3.05. The second kappa shape index (κ2) is 6.82. The number of amides is 3. The quantitative estimate of drug-likeness (QED) is 0.777. The van der Waals surface area contributed by atoms with E-state index in [1.807, 2.05) is 0 Å². The van der Waals surface area contributed by atoms with Crippen LogP contribution < -0.4 is 10.2 Å². The van der Waals surface area contributed by atoms with Gasteiger partial charge in [0.2, 0.25) is 0 Å². The Morgan fingerprint density at radius 3 is 2.64 bits per heavy atom. The Kier molecular flexibility index (Phi) is 4.59. The maximum absolute atomic E-state index is 13.0. The van der Waals surface area contributed by atoms with Crippen LogP contribution in [0.25, 0.3) is 4.91 Å². The number of pyridine rings is 1. The van der Waals surface area contributed by atoms with Crippen LogP contribution in [0, 0.1) is 0 Å². The lowest BCUT2D eigenvalue weighted by Crippen LogP contribution is -2.60. The van der Waals surface area contributed by atoms with Gasteiger partial charge in [0, 0.05) is 21.7 Å². The summed E-state index contributed by atoms with van der Waals surface area (Å²) >= 11 is 7.41. The Morgan fingerprint density at radius 1 is 1.18 bits per heavy atom. The van der Waals surface area contributed by atoms with Gasteiger partial charge in [-0.3, -0.25) is 9.78 Å². The van der Waals surface area contributed by atoms with E-state index < -0.39 is 35.0 Å². The number of urea groups is 1. The molecule has 144 valence electrons. The number of benzene rings is 1. The monoisotopic (exact) mass is 425 g/mol. The fraction of sp³-hybridized carbons (Fsp3) is 0.167. The third-order valence-electron chi connectivity index (χ3n) is 4.32. The fourth-order valence-corrected chi connectivity index (χ4v) is 4.62. The van der Waals surface area contributed by atoms with Crippen LogP contribution in [0.1, 0.15) is 11.1 Å². The van der Waals surface area contributed by atoms with Gasteiger partial charge < -0.3 is 5.32 Å². The second-order valence-electron chi connectivity index (χ2n) is 6.13. The average molecular weight is 426 g/mol. The summed E-state index contributed by atoms with van der Waals surface area (Å²) < 4.78 is 38.9. The number of hydrogen-bond acceptors (Lipinski definition) is 4. The number of hydrogen-bond donors (Lipinski definition) is 1. The Balaban J connectivity index is 1.64. The molecule has 1 N–H and O–H groups in total. The Hall–Kier alpha value is -2.52. The summed E-state index contributed by atoms with van der Waals surface area (Å²) in [5.41, 5.74) is -0.554. The number of nitrogens with zero attached hydrogens (tertiary/aromatic N) is 2. The summed E-state index contributed by atoms with van der Waals surface area (Å²) in [5, 5.41) is 2.44. The minimum atomic E-state index is -4.64. The van der Waals surface area contributed by atoms with E-state index in [9.17, 15) is 22.8 Å². The highest BCUT2D eigenvalue weighted by Crippen LogP contribution is 2.44. The standard InChI is InChI=1S/C18H11ClF3N3O2S/c19-12-4-2-1-3-11(12)14-6-13-15(28-14)16(26)25(17(27)24-13)10-5-9(7-23-8-10)18(20,21)22/h1-8,13,15H,(H,24,27). The number of anilines is 1. The van der Waals surface area contributed by atoms with Crippen molar-refractivity contribution in [2.75, 3.05) is 4.90 Å². The largest absolute Gasteiger partial charge is 0.417 e. The first kappa shape index (κ1) is 18.8. The minimum Gasteiger partial charge on any atom is -0.329 e. The van der Waals surface area contributed by atoms with Crippen LogP contribution in [0.5, 0.6) is 0 Å². The van der Waals surface area contributed by atoms with E-state index in [4.69, 9.17) is 11.6 Å². The van der Waals surface area contributed by atoms with Crippen LogP contribution in [-0.2, 0) is 11.0 Å². The zero-order valence-electron chi connectivity index (χ0n) is 13.9. The van der Waals surface area contributed by atoms with Crippen LogP contribution in [0.15, 0.2) is 48.8 Å². The zero-order chi connectivity index (χ0) is 20.1. The van der Waals surface area contributed by atoms with Gasteiger partial charge in [0.15, 0.2) is 0 Å². The van der Waals surface area contributed by atoms with Gasteiger partial charge in [-0.1, -0.05) is 29.8 Å². The molecule has 1 saturated heterocycles. The lowest BCUT2D eigenvalue weighted by atomic mass is 10.1. The van der Waals surface area contributed by atoms with Crippen molar-refractivity contribution in [1.29, 1.82) is 0 Å². The molecule has 5 nitrogen and oxygen atoms in total. The van der Waals surface area contributed by atoms with Gasteiger partial charge in [-0.25, -0.2) is 9.69 Å². The number of carbonyl (C=O) groups is 2. The smallest absolute Gasteiger partial charge is 0.329 e. The van der Waals surface area contributed by atoms with Crippen molar-refractivity contribution in [3.8, 4) is 0 Å². The number of thioether (sulfide) groups is 1. The predicted molar refractivity (Wildman–Crippen MR) is 99.9 cm³/mol. The minimum absolute atomic E-state index is 0.234. The van der Waals surface area contributed by atoms with Crippen LogP contribution in [-0.4, -0.2) is 28.2 Å². The number of imide groups is 1. The molecule has 1 fully saturated rings. The maximum Gasteiger partial charge on any atom is 0.417 e. The van der Waals surface area contributed by atoms with Crippen molar-refractivity contribution in [2.45, 2.75) is 17.5 Å². The highest BCUT2D eigenvalue weighted by atomic mass is 35.5. The molecule has 28 heavy (non-hydrogen) atoms. The SMILES string of the molecule is O=C1NC2C=C(c3ccccc3Cl)SC2C(=O)N1c1cncc(C(F)(F)F)c1. The van der Waals surface area contributed by atoms with Crippen molar-refractivity contribution < 1.29 is 22.8 Å². The Morgan fingerprint density at radius 2 is 1.93 bits per heavy atom. The normalized spacial score (nSPS) is 22.0. The highest BCUT2D eigenvalue weighted by molar-refractivity contribution is 8.09. The van der Waals surface area contributed by atoms with E-state index >= 15 is 0 Å². The Bertz CT molecular complexity index is 1010. The number of carbonyl (C=O) groups excluding carboxylic acids is 2. The van der Waals surface area contributed by atoms with Gasteiger partial charge in [0.25, 0.3) is 5.91 Å². The molecule has 0 radical (unpaired) electrons. The fourth-order valence-electron chi connectivity index (χ4n) is 3.02. The third-order valence-corrected chi connectivity index (χ3v) is 6.01. The lowest BCUT2D eigenvalue weighted by molar-refractivity contribution is -0.137. The van der Waals surface area contributed by atoms with Crippen LogP contribution in [0.2, 0.25) is 5.02 Å². The number of nitrogens with one attached hydrogen (secondary N) is 1. The van der Waals surface area contributed by atoms with Crippen LogP contribution in [0.4, 0.5) is 23.7 Å². The molecular formula is C18H11ClF3N3O2S. The second-order valence-corrected chi connectivity index (χ2v) is 7.72. The molecule has 0 aliphatic carbocycles. The molecule has 10 heteroatoms. The summed E-state index contributed by atoms with van der Waals surface area (Å²) in [5.74, 6) is -0.613. The number of fused-ring (bicyclic) bond motifs is 1. The molecule has 2 aromatic rings. The molecule has 1 aromatic carbocycles. The number of halogens is 4. The van der Waals surface area contributed by atoms with Crippen molar-refractivity contribution in [3.63, 3.8) is 0 Å². The van der Waals surface area contributed by atoms with Gasteiger partial charge in [-0.15, -0.1) is 11.8 Å². The summed E-state index contributed by atoms with van der Waals surface area (Å²) in [4.78, 5) is 30.3. The zero-order valence-corrected chi connectivity index (χ0v) is 15.5. The molecule has 3 heterocycles. The van der Waals surface area contributed by atoms with Gasteiger partial charge >= 0.3 is 12.2 Å². The molecule has 0 saturated carbocycles. The van der Waals surface area contributed by atoms with Crippen molar-refractivity contribution >= 4 is 45.9 Å². The molecule has 2 aliphatic rings. The summed E-state index contributed by atoms with van der Waals surface area (Å²) in [6, 6.07) is 6.42. The van der Waals surface area contributed by atoms with Gasteiger partial charge in [-0.2, -0.15) is 13.2 Å². The summed E-state index contributed by atoms with van der Waals surface area (Å²) in [6.07, 6.45) is -1.22. The Labute approximate surface area is 166 Å².